The first-order chi connectivity index (χ1) is 11.2. The number of para-hydroxylation sites is 1. The molecule has 3 aromatic rings. The molecule has 2 heterocycles. The van der Waals surface area contributed by atoms with Crippen LogP contribution in [0.4, 0.5) is 5.69 Å². The number of methoxy groups -OCH3 is 1. The van der Waals surface area contributed by atoms with Gasteiger partial charge in [0.15, 0.2) is 0 Å². The molecule has 0 fully saturated rings. The molecular weight excluding hydrogens is 312 g/mol. The summed E-state index contributed by atoms with van der Waals surface area (Å²) in [6.07, 6.45) is 2.30. The van der Waals surface area contributed by atoms with E-state index in [1.165, 1.54) is 18.4 Å². The minimum atomic E-state index is -0.438. The number of esters is 1. The number of nitrogens with one attached hydrogen (secondary N) is 1. The summed E-state index contributed by atoms with van der Waals surface area (Å²) < 4.78 is 6.75. The number of carbonyl (C=O) groups is 2. The predicted octanol–water partition coefficient (Wildman–Crippen LogP) is 3.52. The number of benzene rings is 1. The molecule has 0 radical (unpaired) electrons. The van der Waals surface area contributed by atoms with E-state index in [4.69, 9.17) is 4.74 Å². The number of anilines is 1. The van der Waals surface area contributed by atoms with Crippen LogP contribution >= 0.6 is 11.3 Å². The van der Waals surface area contributed by atoms with Gasteiger partial charge >= 0.3 is 5.97 Å². The van der Waals surface area contributed by atoms with E-state index in [2.05, 4.69) is 5.32 Å². The molecule has 2 aromatic heterocycles. The normalized spacial score (nSPS) is 10.7. The van der Waals surface area contributed by atoms with E-state index < -0.39 is 5.97 Å². The highest BCUT2D eigenvalue weighted by Gasteiger charge is 2.15. The number of thiophene rings is 1. The summed E-state index contributed by atoms with van der Waals surface area (Å²) in [5.74, 6) is -0.571. The quantitative estimate of drug-likeness (QED) is 0.729. The summed E-state index contributed by atoms with van der Waals surface area (Å²) in [7, 11) is 1.32. The Kier molecular flexibility index (Phi) is 4.43. The molecule has 0 bridgehead atoms. The van der Waals surface area contributed by atoms with Crippen molar-refractivity contribution >= 4 is 39.8 Å². The van der Waals surface area contributed by atoms with Gasteiger partial charge in [0.2, 0.25) is 5.91 Å². The minimum absolute atomic E-state index is 0.133. The van der Waals surface area contributed by atoms with Crippen molar-refractivity contribution in [3.63, 3.8) is 0 Å². The van der Waals surface area contributed by atoms with Crippen LogP contribution in [-0.4, -0.2) is 23.6 Å². The van der Waals surface area contributed by atoms with Crippen molar-refractivity contribution in [1.29, 1.82) is 0 Å². The molecule has 0 unspecified atom stereocenters. The van der Waals surface area contributed by atoms with E-state index in [0.717, 1.165) is 10.9 Å². The van der Waals surface area contributed by atoms with Gasteiger partial charge in [-0.05, 0) is 29.0 Å². The maximum absolute atomic E-state index is 12.1. The number of hydrogen-bond acceptors (Lipinski definition) is 4. The number of ether oxygens (including phenoxy) is 1. The van der Waals surface area contributed by atoms with Crippen LogP contribution in [0.3, 0.4) is 0 Å². The van der Waals surface area contributed by atoms with Crippen LogP contribution < -0.4 is 5.32 Å². The Morgan fingerprint density at radius 2 is 2.04 bits per heavy atom. The third-order valence-corrected chi connectivity index (χ3v) is 4.46. The van der Waals surface area contributed by atoms with Crippen LogP contribution in [0.5, 0.6) is 0 Å². The van der Waals surface area contributed by atoms with Crippen molar-refractivity contribution in [2.75, 3.05) is 12.4 Å². The van der Waals surface area contributed by atoms with Crippen LogP contribution in [0, 0.1) is 0 Å². The number of aromatic nitrogens is 1. The van der Waals surface area contributed by atoms with Crippen molar-refractivity contribution in [1.82, 2.24) is 4.57 Å². The van der Waals surface area contributed by atoms with E-state index in [9.17, 15) is 9.59 Å². The van der Waals surface area contributed by atoms with Gasteiger partial charge in [0.05, 0.1) is 12.8 Å². The number of hydrogen-bond donors (Lipinski definition) is 1. The molecule has 3 rings (SSSR count). The second-order valence-corrected chi connectivity index (χ2v) is 5.94. The second-order valence-electron chi connectivity index (χ2n) is 5.02. The van der Waals surface area contributed by atoms with Crippen LogP contribution in [-0.2, 0) is 16.1 Å². The average molecular weight is 328 g/mol. The van der Waals surface area contributed by atoms with Crippen LogP contribution in [0.15, 0.2) is 48.0 Å². The lowest BCUT2D eigenvalue weighted by atomic mass is 10.2. The fraction of sp³-hybridized carbons (Fsp3) is 0.176. The highest BCUT2D eigenvalue weighted by molar-refractivity contribution is 7.12. The van der Waals surface area contributed by atoms with Crippen molar-refractivity contribution < 1.29 is 14.3 Å². The molecule has 0 atom stereocenters. The van der Waals surface area contributed by atoms with E-state index in [1.54, 1.807) is 11.4 Å². The van der Waals surface area contributed by atoms with Crippen molar-refractivity contribution in [2.24, 2.45) is 0 Å². The molecule has 6 heteroatoms. The van der Waals surface area contributed by atoms with Gasteiger partial charge in [0.1, 0.15) is 4.88 Å². The SMILES string of the molecule is COC(=O)c1sccc1NC(=O)CCn1ccc2ccccc21. The maximum atomic E-state index is 12.1. The molecule has 0 aliphatic carbocycles. The van der Waals surface area contributed by atoms with Gasteiger partial charge in [-0.1, -0.05) is 18.2 Å². The van der Waals surface area contributed by atoms with Gasteiger partial charge < -0.3 is 14.6 Å². The molecule has 0 saturated carbocycles. The molecule has 1 amide bonds. The summed E-state index contributed by atoms with van der Waals surface area (Å²) >= 11 is 1.25. The van der Waals surface area contributed by atoms with Crippen LogP contribution in [0.1, 0.15) is 16.1 Å². The lowest BCUT2D eigenvalue weighted by Crippen LogP contribution is -2.15. The largest absolute Gasteiger partial charge is 0.465 e. The number of rotatable bonds is 5. The summed E-state index contributed by atoms with van der Waals surface area (Å²) in [5, 5.41) is 5.68. The smallest absolute Gasteiger partial charge is 0.350 e. The fourth-order valence-electron chi connectivity index (χ4n) is 2.43. The maximum Gasteiger partial charge on any atom is 0.350 e. The van der Waals surface area contributed by atoms with E-state index in [-0.39, 0.29) is 5.91 Å². The molecule has 1 N–H and O–H groups in total. The Morgan fingerprint density at radius 3 is 2.87 bits per heavy atom. The van der Waals surface area contributed by atoms with Gasteiger partial charge in [0, 0.05) is 24.7 Å². The fourth-order valence-corrected chi connectivity index (χ4v) is 3.19. The first-order valence-electron chi connectivity index (χ1n) is 7.18. The lowest BCUT2D eigenvalue weighted by Gasteiger charge is -2.07. The topological polar surface area (TPSA) is 60.3 Å². The molecule has 118 valence electrons. The molecule has 0 aliphatic rings. The first kappa shape index (κ1) is 15.3. The summed E-state index contributed by atoms with van der Waals surface area (Å²) in [5.41, 5.74) is 1.61. The molecule has 0 aliphatic heterocycles. The molecular formula is C17H16N2O3S. The number of aryl methyl sites for hydroxylation is 1. The Labute approximate surface area is 137 Å². The summed E-state index contributed by atoms with van der Waals surface area (Å²) in [6, 6.07) is 11.8. The minimum Gasteiger partial charge on any atom is -0.465 e. The zero-order valence-electron chi connectivity index (χ0n) is 12.6. The van der Waals surface area contributed by atoms with E-state index in [1.807, 2.05) is 41.1 Å². The molecule has 1 aromatic carbocycles. The highest BCUT2D eigenvalue weighted by atomic mass is 32.1. The van der Waals surface area contributed by atoms with Crippen LogP contribution in [0.25, 0.3) is 10.9 Å². The van der Waals surface area contributed by atoms with Crippen LogP contribution in [0.2, 0.25) is 0 Å². The Bertz CT molecular complexity index is 850. The molecule has 23 heavy (non-hydrogen) atoms. The van der Waals surface area contributed by atoms with Crippen molar-refractivity contribution in [3.05, 3.63) is 52.9 Å². The predicted molar refractivity (Wildman–Crippen MR) is 90.8 cm³/mol. The first-order valence-corrected chi connectivity index (χ1v) is 8.06. The zero-order chi connectivity index (χ0) is 16.2. The van der Waals surface area contributed by atoms with Gasteiger partial charge in [-0.15, -0.1) is 11.3 Å². The molecule has 5 nitrogen and oxygen atoms in total. The van der Waals surface area contributed by atoms with E-state index in [0.29, 0.717) is 23.5 Å². The third-order valence-electron chi connectivity index (χ3n) is 3.57. The van der Waals surface area contributed by atoms with Crippen molar-refractivity contribution in [2.45, 2.75) is 13.0 Å². The van der Waals surface area contributed by atoms with Gasteiger partial charge in [0.25, 0.3) is 0 Å². The van der Waals surface area contributed by atoms with Gasteiger partial charge in [-0.25, -0.2) is 4.79 Å². The Morgan fingerprint density at radius 1 is 1.22 bits per heavy atom. The van der Waals surface area contributed by atoms with Crippen molar-refractivity contribution in [3.8, 4) is 0 Å². The third kappa shape index (κ3) is 3.27. The van der Waals surface area contributed by atoms with E-state index >= 15 is 0 Å². The number of carbonyl (C=O) groups excluding carboxylic acids is 2. The monoisotopic (exact) mass is 328 g/mol. The molecule has 0 spiro atoms. The second kappa shape index (κ2) is 6.66. The average Bonchev–Trinajstić information content (AvgIpc) is 3.19. The van der Waals surface area contributed by atoms with Gasteiger partial charge in [-0.2, -0.15) is 0 Å². The number of nitrogens with zero attached hydrogens (tertiary/aromatic N) is 1. The lowest BCUT2D eigenvalue weighted by molar-refractivity contribution is -0.116. The number of fused-ring (bicyclic) bond motifs is 1. The summed E-state index contributed by atoms with van der Waals surface area (Å²) in [6.45, 7) is 0.580. The standard InChI is InChI=1S/C17H16N2O3S/c1-22-17(21)16-13(8-11-23-16)18-15(20)7-10-19-9-6-12-4-2-3-5-14(12)19/h2-6,8-9,11H,7,10H2,1H3,(H,18,20). The number of amides is 1. The Hall–Kier alpha value is -2.60. The van der Waals surface area contributed by atoms with Gasteiger partial charge in [-0.3, -0.25) is 4.79 Å². The highest BCUT2D eigenvalue weighted by Crippen LogP contribution is 2.23. The zero-order valence-corrected chi connectivity index (χ0v) is 13.4. The molecule has 0 saturated heterocycles. The summed E-state index contributed by atoms with van der Waals surface area (Å²) in [4.78, 5) is 24.1. The Balaban J connectivity index is 1.64.